The Morgan fingerprint density at radius 3 is 0.769 bits per heavy atom. The Hall–Kier alpha value is -0.310. The fourth-order valence-electron chi connectivity index (χ4n) is 5.51. The molecule has 0 saturated carbocycles. The van der Waals surface area contributed by atoms with Gasteiger partial charge in [-0.3, -0.25) is 0 Å². The summed E-state index contributed by atoms with van der Waals surface area (Å²) < 4.78 is 0. The third kappa shape index (κ3) is 33.8. The summed E-state index contributed by atoms with van der Waals surface area (Å²) in [6.45, 7) is 4.58. The molecule has 0 spiro atoms. The molecule has 0 aromatic rings. The maximum Gasteiger partial charge on any atom is 0.0315 e. The van der Waals surface area contributed by atoms with Crippen molar-refractivity contribution < 1.29 is 0 Å². The van der Waals surface area contributed by atoms with Crippen molar-refractivity contribution in [2.45, 2.75) is 206 Å². The van der Waals surface area contributed by atoms with E-state index in [-0.39, 0.29) is 0 Å². The smallest absolute Gasteiger partial charge is 0.0315 e. The van der Waals surface area contributed by atoms with E-state index >= 15 is 0 Å². The largest absolute Gasteiger partial charge is 0.309 e. The molecule has 0 amide bonds. The molecule has 0 atom stereocenters. The van der Waals surface area contributed by atoms with E-state index in [4.69, 9.17) is 10.8 Å². The molecular formula is C36H72N2S. The first-order valence-corrected chi connectivity index (χ1v) is 19.1. The summed E-state index contributed by atoms with van der Waals surface area (Å²) in [7, 11) is 0. The van der Waals surface area contributed by atoms with Gasteiger partial charge in [0.05, 0.1) is 0 Å². The van der Waals surface area contributed by atoms with Gasteiger partial charge in [-0.2, -0.15) is 0 Å². The highest BCUT2D eigenvalue weighted by molar-refractivity contribution is 8.00. The van der Waals surface area contributed by atoms with Crippen LogP contribution in [0.4, 0.5) is 0 Å². The van der Waals surface area contributed by atoms with E-state index < -0.39 is 0 Å². The molecule has 0 aliphatic carbocycles. The Kier molecular flexibility index (Phi) is 33.6. The molecule has 0 rings (SSSR count). The van der Waals surface area contributed by atoms with Gasteiger partial charge in [-0.1, -0.05) is 181 Å². The van der Waals surface area contributed by atoms with Crippen LogP contribution in [0.15, 0.2) is 0 Å². The quantitative estimate of drug-likeness (QED) is 0.0592. The molecule has 2 N–H and O–H groups in total. The summed E-state index contributed by atoms with van der Waals surface area (Å²) in [5.41, 5.74) is 1.78. The molecule has 0 heterocycles. The first-order chi connectivity index (χ1) is 19.2. The van der Waals surface area contributed by atoms with Crippen LogP contribution in [0.5, 0.6) is 0 Å². The molecule has 0 aromatic heterocycles. The molecule has 39 heavy (non-hydrogen) atoms. The van der Waals surface area contributed by atoms with E-state index in [1.165, 1.54) is 180 Å². The van der Waals surface area contributed by atoms with Crippen LogP contribution in [-0.4, -0.2) is 22.9 Å². The fourth-order valence-corrected chi connectivity index (χ4v) is 6.39. The third-order valence-corrected chi connectivity index (χ3v) is 9.32. The van der Waals surface area contributed by atoms with Gasteiger partial charge in [-0.15, -0.1) is 11.8 Å². The van der Waals surface area contributed by atoms with Crippen molar-refractivity contribution in [1.82, 2.24) is 0 Å². The number of unbranched alkanes of at least 4 members (excludes halogenated alkanes) is 26. The van der Waals surface area contributed by atoms with Crippen LogP contribution in [0, 0.1) is 10.8 Å². The van der Waals surface area contributed by atoms with Crippen LogP contribution in [0.3, 0.4) is 0 Å². The SMILES string of the molecule is CCCCCCCCCCCCCCCCC(=N)CSCC(=N)CCCCCCCCCCCCCCCC. The number of hydrogen-bond acceptors (Lipinski definition) is 3. The molecule has 0 radical (unpaired) electrons. The van der Waals surface area contributed by atoms with Crippen molar-refractivity contribution in [3.8, 4) is 0 Å². The Morgan fingerprint density at radius 1 is 0.333 bits per heavy atom. The average molecular weight is 565 g/mol. The van der Waals surface area contributed by atoms with Crippen molar-refractivity contribution in [3.63, 3.8) is 0 Å². The van der Waals surface area contributed by atoms with Crippen LogP contribution in [0.1, 0.15) is 206 Å². The van der Waals surface area contributed by atoms with E-state index in [1.54, 1.807) is 11.8 Å². The maximum atomic E-state index is 8.23. The molecule has 0 saturated heterocycles. The van der Waals surface area contributed by atoms with Gasteiger partial charge in [0.2, 0.25) is 0 Å². The second-order valence-electron chi connectivity index (χ2n) is 12.4. The summed E-state index contributed by atoms with van der Waals surface area (Å²) in [4.78, 5) is 0. The lowest BCUT2D eigenvalue weighted by molar-refractivity contribution is 0.537. The molecule has 3 heteroatoms. The topological polar surface area (TPSA) is 47.7 Å². The lowest BCUT2D eigenvalue weighted by Crippen LogP contribution is -2.05. The van der Waals surface area contributed by atoms with Gasteiger partial charge in [-0.25, -0.2) is 0 Å². The van der Waals surface area contributed by atoms with Crippen LogP contribution >= 0.6 is 11.8 Å². The molecule has 0 bridgehead atoms. The van der Waals surface area contributed by atoms with Crippen LogP contribution in [0.25, 0.3) is 0 Å². The zero-order valence-corrected chi connectivity index (χ0v) is 27.9. The van der Waals surface area contributed by atoms with E-state index in [9.17, 15) is 0 Å². The first-order valence-electron chi connectivity index (χ1n) is 17.9. The molecule has 0 unspecified atom stereocenters. The zero-order chi connectivity index (χ0) is 28.5. The van der Waals surface area contributed by atoms with Gasteiger partial charge in [0.15, 0.2) is 0 Å². The normalized spacial score (nSPS) is 11.3. The van der Waals surface area contributed by atoms with Gasteiger partial charge >= 0.3 is 0 Å². The van der Waals surface area contributed by atoms with Gasteiger partial charge in [0.1, 0.15) is 0 Å². The molecular weight excluding hydrogens is 492 g/mol. The maximum absolute atomic E-state index is 8.23. The van der Waals surface area contributed by atoms with Crippen molar-refractivity contribution in [1.29, 1.82) is 10.8 Å². The van der Waals surface area contributed by atoms with Crippen LogP contribution in [0.2, 0.25) is 0 Å². The molecule has 0 aliphatic heterocycles. The number of nitrogens with one attached hydrogen (secondary N) is 2. The Labute approximate surface area is 251 Å². The summed E-state index contributed by atoms with van der Waals surface area (Å²) in [5.74, 6) is 1.67. The minimum atomic E-state index is 0.833. The van der Waals surface area contributed by atoms with Crippen LogP contribution < -0.4 is 0 Å². The molecule has 0 aromatic carbocycles. The minimum Gasteiger partial charge on any atom is -0.309 e. The summed E-state index contributed by atoms with van der Waals surface area (Å²) in [6, 6.07) is 0. The zero-order valence-electron chi connectivity index (χ0n) is 27.0. The summed E-state index contributed by atoms with van der Waals surface area (Å²) >= 11 is 1.79. The first kappa shape index (κ1) is 38.7. The molecule has 232 valence electrons. The molecule has 0 aliphatic rings. The Balaban J connectivity index is 3.27. The van der Waals surface area contributed by atoms with Crippen molar-refractivity contribution in [3.05, 3.63) is 0 Å². The summed E-state index contributed by atoms with van der Waals surface area (Å²) in [6.07, 6.45) is 40.9. The standard InChI is InChI=1S/C36H72N2S/c1-3-5-7-9-11-13-15-17-19-21-23-25-27-29-31-35(37)33-39-34-36(38)32-30-28-26-24-22-20-18-16-14-12-10-8-6-4-2/h37-38H,3-34H2,1-2H3. The highest BCUT2D eigenvalue weighted by atomic mass is 32.2. The Bertz CT molecular complexity index is 460. The van der Waals surface area contributed by atoms with E-state index in [0.717, 1.165) is 35.8 Å². The van der Waals surface area contributed by atoms with E-state index in [0.29, 0.717) is 0 Å². The third-order valence-electron chi connectivity index (χ3n) is 8.22. The van der Waals surface area contributed by atoms with Crippen molar-refractivity contribution in [2.24, 2.45) is 0 Å². The van der Waals surface area contributed by atoms with E-state index in [1.807, 2.05) is 0 Å². The monoisotopic (exact) mass is 565 g/mol. The summed E-state index contributed by atoms with van der Waals surface area (Å²) in [5, 5.41) is 16.5. The van der Waals surface area contributed by atoms with Gasteiger partial charge in [0.25, 0.3) is 0 Å². The molecule has 2 nitrogen and oxygen atoms in total. The second-order valence-corrected chi connectivity index (χ2v) is 13.4. The average Bonchev–Trinajstić information content (AvgIpc) is 2.93. The van der Waals surface area contributed by atoms with Gasteiger partial charge in [0, 0.05) is 22.9 Å². The minimum absolute atomic E-state index is 0.833. The number of thioether (sulfide) groups is 1. The van der Waals surface area contributed by atoms with Gasteiger partial charge in [-0.05, 0) is 25.7 Å². The lowest BCUT2D eigenvalue weighted by Gasteiger charge is -2.07. The predicted molar refractivity (Wildman–Crippen MR) is 183 cm³/mol. The number of rotatable bonds is 34. The van der Waals surface area contributed by atoms with Crippen LogP contribution in [-0.2, 0) is 0 Å². The highest BCUT2D eigenvalue weighted by Crippen LogP contribution is 2.16. The van der Waals surface area contributed by atoms with Crippen molar-refractivity contribution >= 4 is 23.2 Å². The number of hydrogen-bond donors (Lipinski definition) is 2. The van der Waals surface area contributed by atoms with E-state index in [2.05, 4.69) is 13.8 Å². The molecule has 0 fully saturated rings. The predicted octanol–water partition coefficient (Wildman–Crippen LogP) is 13.5. The van der Waals surface area contributed by atoms with Crippen molar-refractivity contribution in [2.75, 3.05) is 11.5 Å². The lowest BCUT2D eigenvalue weighted by atomic mass is 10.0. The highest BCUT2D eigenvalue weighted by Gasteiger charge is 2.02. The Morgan fingerprint density at radius 2 is 0.538 bits per heavy atom. The fraction of sp³-hybridized carbons (Fsp3) is 0.944. The second kappa shape index (κ2) is 33.9. The van der Waals surface area contributed by atoms with Gasteiger partial charge < -0.3 is 10.8 Å².